The number of amides is 2. The molecule has 0 unspecified atom stereocenters. The lowest BCUT2D eigenvalue weighted by Crippen LogP contribution is -2.81. The summed E-state index contributed by atoms with van der Waals surface area (Å²) >= 11 is 2.69. The van der Waals surface area contributed by atoms with E-state index in [1.807, 2.05) is 72.1 Å². The van der Waals surface area contributed by atoms with Crippen LogP contribution in [0.1, 0.15) is 11.8 Å². The van der Waals surface area contributed by atoms with Gasteiger partial charge in [0, 0.05) is 23.1 Å². The Morgan fingerprint density at radius 1 is 0.917 bits per heavy atom. The Morgan fingerprint density at radius 2 is 1.50 bits per heavy atom. The van der Waals surface area contributed by atoms with E-state index in [1.165, 1.54) is 30.0 Å². The first kappa shape index (κ1) is 33.6. The molecule has 0 radical (unpaired) electrons. The Morgan fingerprint density at radius 3 is 2.00 bits per heavy atom. The van der Waals surface area contributed by atoms with Crippen LogP contribution in [0.2, 0.25) is 0 Å². The summed E-state index contributed by atoms with van der Waals surface area (Å²) in [5, 5.41) is 17.5. The van der Waals surface area contributed by atoms with Crippen LogP contribution >= 0.6 is 30.4 Å². The minimum Gasteiger partial charge on any atom is -0.477 e. The molecule has 2 N–H and O–H groups in total. The highest BCUT2D eigenvalue weighted by Gasteiger charge is 2.67. The number of hydrogen-bond acceptors (Lipinski definition) is 8. The molecular weight excluding hydrogens is 668 g/mol. The van der Waals surface area contributed by atoms with E-state index < -0.39 is 42.1 Å². The maximum Gasteiger partial charge on any atom is 0.352 e. The molecule has 48 heavy (non-hydrogen) atoms. The Kier molecular flexibility index (Phi) is 10.1. The van der Waals surface area contributed by atoms with E-state index in [2.05, 4.69) is 41.7 Å². The summed E-state index contributed by atoms with van der Waals surface area (Å²) in [6, 6.07) is 34.4. The first-order valence-corrected chi connectivity index (χ1v) is 19.2. The van der Waals surface area contributed by atoms with Crippen molar-refractivity contribution in [3.05, 3.63) is 125 Å². The zero-order chi connectivity index (χ0) is 33.7. The number of benzene rings is 3. The number of aliphatic carboxylic acids is 1. The first-order chi connectivity index (χ1) is 23.3. The minimum atomic E-state index is -2.34. The number of carboxylic acids is 1. The van der Waals surface area contributed by atoms with Crippen molar-refractivity contribution in [2.75, 3.05) is 25.1 Å². The number of nitrogens with one attached hydrogen (secondary N) is 1. The average Bonchev–Trinajstić information content (AvgIpc) is 3.62. The fourth-order valence-electron chi connectivity index (χ4n) is 6.22. The van der Waals surface area contributed by atoms with E-state index in [0.29, 0.717) is 11.7 Å². The minimum absolute atomic E-state index is 0.0434. The zero-order valence-corrected chi connectivity index (χ0v) is 28.6. The summed E-state index contributed by atoms with van der Waals surface area (Å²) in [5.74, 6) is -2.80. The van der Waals surface area contributed by atoms with Crippen LogP contribution in [0, 0.1) is 0 Å². The van der Waals surface area contributed by atoms with E-state index in [-0.39, 0.29) is 31.1 Å². The van der Waals surface area contributed by atoms with Gasteiger partial charge in [0.2, 0.25) is 5.91 Å². The van der Waals surface area contributed by atoms with Crippen molar-refractivity contribution in [1.82, 2.24) is 10.2 Å². The van der Waals surface area contributed by atoms with Crippen molar-refractivity contribution < 1.29 is 33.8 Å². The summed E-state index contributed by atoms with van der Waals surface area (Å²) in [5.41, 5.74) is -1.75. The highest BCUT2D eigenvalue weighted by molar-refractivity contribution is 8.00. The lowest BCUT2D eigenvalue weighted by Gasteiger charge is -2.56. The van der Waals surface area contributed by atoms with E-state index in [9.17, 15) is 24.3 Å². The summed E-state index contributed by atoms with van der Waals surface area (Å²) in [6.45, 7) is 1.08. The lowest BCUT2D eigenvalue weighted by atomic mass is 9.97. The van der Waals surface area contributed by atoms with Gasteiger partial charge in [-0.2, -0.15) is 0 Å². The summed E-state index contributed by atoms with van der Waals surface area (Å²) in [7, 11) is -2.34. The molecule has 9 nitrogen and oxygen atoms in total. The molecule has 1 saturated heterocycles. The van der Waals surface area contributed by atoms with Crippen LogP contribution < -0.4 is 21.2 Å². The fraction of sp³-hybridized carbons (Fsp3) is 0.222. The molecule has 3 heterocycles. The largest absolute Gasteiger partial charge is 0.477 e. The molecule has 0 saturated carbocycles. The highest BCUT2D eigenvalue weighted by Crippen LogP contribution is 2.55. The van der Waals surface area contributed by atoms with Gasteiger partial charge < -0.3 is 19.9 Å². The SMILES string of the molecule is CC(=O)OCC1=C(C(=O)O)N2C(=O)[C@@](NC(=O)Cc3cccs3)(OCC[P+](c3ccccc3)(c3ccccc3)c3ccccc3)[C@H]2SC1. The predicted octanol–water partition coefficient (Wildman–Crippen LogP) is 3.93. The predicted molar refractivity (Wildman–Crippen MR) is 189 cm³/mol. The number of fused-ring (bicyclic) bond motifs is 1. The van der Waals surface area contributed by atoms with Gasteiger partial charge in [0.25, 0.3) is 11.6 Å². The number of nitrogens with zero attached hydrogens (tertiary/aromatic N) is 1. The third-order valence-electron chi connectivity index (χ3n) is 8.35. The van der Waals surface area contributed by atoms with Gasteiger partial charge in [0.15, 0.2) is 0 Å². The second kappa shape index (κ2) is 14.5. The molecule has 0 spiro atoms. The highest BCUT2D eigenvalue weighted by atomic mass is 32.2. The maximum absolute atomic E-state index is 14.2. The van der Waals surface area contributed by atoms with E-state index >= 15 is 0 Å². The Labute approximate surface area is 287 Å². The number of rotatable bonds is 13. The molecule has 1 aromatic heterocycles. The van der Waals surface area contributed by atoms with Crippen molar-refractivity contribution >= 4 is 70.0 Å². The quantitative estimate of drug-likeness (QED) is 0.0932. The van der Waals surface area contributed by atoms with Gasteiger partial charge in [0.1, 0.15) is 40.9 Å². The van der Waals surface area contributed by atoms with Crippen LogP contribution in [0.15, 0.2) is 120 Å². The topological polar surface area (TPSA) is 122 Å². The molecule has 4 aromatic rings. The number of carboxylic acid groups (broad SMARTS) is 1. The van der Waals surface area contributed by atoms with Gasteiger partial charge in [-0.1, -0.05) is 60.7 Å². The Hall–Kier alpha value is -4.28. The van der Waals surface area contributed by atoms with Crippen LogP contribution in [-0.2, 0) is 35.1 Å². The smallest absolute Gasteiger partial charge is 0.352 e. The number of ether oxygens (including phenoxy) is 2. The Balaban J connectivity index is 1.36. The normalized spacial score (nSPS) is 18.9. The first-order valence-electron chi connectivity index (χ1n) is 15.3. The van der Waals surface area contributed by atoms with Crippen LogP contribution in [0.4, 0.5) is 0 Å². The number of hydrogen-bond donors (Lipinski definition) is 2. The standard InChI is InChI=1S/C36H33N2O7PS2/c1-25(39)44-23-26-24-48-35-36(34(43)38(35)32(26)33(41)42,37-31(40)22-30-18-11-21-47-30)45-19-20-46(27-12-5-2-6-13-27,28-14-7-3-8-15-28)29-16-9-4-10-17-29/h2-18,21,35H,19-20,22-24H2,1H3,(H-,37,40,41,42)/p+1/t35-,36-/m1/s1. The molecule has 12 heteroatoms. The zero-order valence-electron chi connectivity index (χ0n) is 26.1. The second-order valence-corrected chi connectivity index (χ2v) is 17.0. The lowest BCUT2D eigenvalue weighted by molar-refractivity contribution is -0.197. The van der Waals surface area contributed by atoms with Gasteiger partial charge in [-0.05, 0) is 47.8 Å². The van der Waals surface area contributed by atoms with Crippen molar-refractivity contribution in [2.45, 2.75) is 24.4 Å². The molecule has 0 aliphatic carbocycles. The number of β-lactam (4-membered cyclic amide) rings is 1. The van der Waals surface area contributed by atoms with Gasteiger partial charge in [-0.3, -0.25) is 19.3 Å². The molecular formula is C36H34N2O7PS2+. The summed E-state index contributed by atoms with van der Waals surface area (Å²) < 4.78 is 11.7. The monoisotopic (exact) mass is 701 g/mol. The van der Waals surface area contributed by atoms with Crippen LogP contribution in [0.3, 0.4) is 0 Å². The number of thiophene rings is 1. The fourth-order valence-corrected chi connectivity index (χ4v) is 12.4. The van der Waals surface area contributed by atoms with Crippen molar-refractivity contribution in [3.63, 3.8) is 0 Å². The van der Waals surface area contributed by atoms with Gasteiger partial charge in [0.05, 0.1) is 19.2 Å². The van der Waals surface area contributed by atoms with E-state index in [1.54, 1.807) is 0 Å². The summed E-state index contributed by atoms with van der Waals surface area (Å²) in [6.07, 6.45) is 0.555. The van der Waals surface area contributed by atoms with Crippen LogP contribution in [-0.4, -0.2) is 70.0 Å². The third-order valence-corrected chi connectivity index (χ3v) is 15.0. The number of thioether (sulfide) groups is 1. The van der Waals surface area contributed by atoms with Crippen molar-refractivity contribution in [3.8, 4) is 0 Å². The molecule has 6 rings (SSSR count). The molecule has 1 fully saturated rings. The van der Waals surface area contributed by atoms with E-state index in [0.717, 1.165) is 25.7 Å². The van der Waals surface area contributed by atoms with Gasteiger partial charge in [-0.25, -0.2) is 4.79 Å². The maximum atomic E-state index is 14.2. The number of carbonyl (C=O) groups excluding carboxylic acids is 3. The molecule has 2 aliphatic rings. The number of esters is 1. The molecule has 2 aliphatic heterocycles. The third kappa shape index (κ3) is 6.43. The Bertz CT molecular complexity index is 1720. The molecule has 2 atom stereocenters. The van der Waals surface area contributed by atoms with Gasteiger partial charge in [-0.15, -0.1) is 23.1 Å². The number of carbonyl (C=O) groups is 4. The van der Waals surface area contributed by atoms with Crippen LogP contribution in [0.5, 0.6) is 0 Å². The van der Waals surface area contributed by atoms with Crippen LogP contribution in [0.25, 0.3) is 0 Å². The van der Waals surface area contributed by atoms with Gasteiger partial charge >= 0.3 is 11.9 Å². The van der Waals surface area contributed by atoms with Crippen molar-refractivity contribution in [2.24, 2.45) is 0 Å². The molecule has 0 bridgehead atoms. The average molecular weight is 702 g/mol. The molecule has 2 amide bonds. The molecule has 3 aromatic carbocycles. The molecule has 246 valence electrons. The van der Waals surface area contributed by atoms with Crippen molar-refractivity contribution in [1.29, 1.82) is 0 Å². The second-order valence-electron chi connectivity index (χ2n) is 11.3. The summed E-state index contributed by atoms with van der Waals surface area (Å²) in [4.78, 5) is 53.6. The van der Waals surface area contributed by atoms with E-state index in [4.69, 9.17) is 9.47 Å².